The van der Waals surface area contributed by atoms with Crippen LogP contribution in [0.5, 0.6) is 0 Å². The summed E-state index contributed by atoms with van der Waals surface area (Å²) in [5.41, 5.74) is 2.25. The topological polar surface area (TPSA) is 46.9 Å². The molecule has 0 spiro atoms. The van der Waals surface area contributed by atoms with Gasteiger partial charge in [0.05, 0.1) is 10.9 Å². The number of nitrogens with one attached hydrogen (secondary N) is 1. The number of hydrogen-bond acceptors (Lipinski definition) is 3. The van der Waals surface area contributed by atoms with Crippen LogP contribution in [0.15, 0.2) is 83.8 Å². The third-order valence-electron chi connectivity index (χ3n) is 3.94. The van der Waals surface area contributed by atoms with Crippen LogP contribution in [-0.4, -0.2) is 9.55 Å². The number of halogens is 1. The number of para-hydroxylation sites is 2. The van der Waals surface area contributed by atoms with Crippen molar-refractivity contribution in [3.8, 4) is 5.69 Å². The number of benzene rings is 2. The largest absolute Gasteiger partial charge is 0.341 e. The maximum atomic E-state index is 12.6. The predicted octanol–water partition coefficient (Wildman–Crippen LogP) is 4.78. The van der Waals surface area contributed by atoms with Gasteiger partial charge in [0.2, 0.25) is 0 Å². The molecule has 122 valence electrons. The second-order valence-electron chi connectivity index (χ2n) is 5.55. The molecule has 2 heterocycles. The van der Waals surface area contributed by atoms with E-state index >= 15 is 0 Å². The van der Waals surface area contributed by atoms with E-state index in [0.29, 0.717) is 16.7 Å². The predicted molar refractivity (Wildman–Crippen MR) is 102 cm³/mol. The fraction of sp³-hybridized carbons (Fsp3) is 0. The molecular formula is C20H14ClN3O. The number of fused-ring (bicyclic) bond motifs is 1. The molecule has 1 N–H and O–H groups in total. The van der Waals surface area contributed by atoms with Gasteiger partial charge in [-0.25, -0.2) is 4.98 Å². The van der Waals surface area contributed by atoms with Gasteiger partial charge in [0.15, 0.2) is 10.6 Å². The van der Waals surface area contributed by atoms with E-state index in [2.05, 4.69) is 10.3 Å². The summed E-state index contributed by atoms with van der Waals surface area (Å²) in [5, 5.41) is 4.12. The van der Waals surface area contributed by atoms with Crippen LogP contribution in [-0.2, 0) is 0 Å². The van der Waals surface area contributed by atoms with Crippen LogP contribution in [0.3, 0.4) is 0 Å². The fourth-order valence-electron chi connectivity index (χ4n) is 2.83. The van der Waals surface area contributed by atoms with E-state index in [1.807, 2.05) is 65.2 Å². The van der Waals surface area contributed by atoms with Gasteiger partial charge in [-0.15, -0.1) is 0 Å². The molecule has 0 amide bonds. The molecule has 4 rings (SSSR count). The monoisotopic (exact) mass is 347 g/mol. The Bertz CT molecular complexity index is 1090. The highest BCUT2D eigenvalue weighted by atomic mass is 35.5. The Morgan fingerprint density at radius 2 is 1.60 bits per heavy atom. The normalized spacial score (nSPS) is 10.8. The molecule has 5 heteroatoms. The van der Waals surface area contributed by atoms with Crippen molar-refractivity contribution in [2.75, 3.05) is 5.32 Å². The van der Waals surface area contributed by atoms with Gasteiger partial charge in [-0.1, -0.05) is 48.0 Å². The first-order valence-corrected chi connectivity index (χ1v) is 8.19. The first kappa shape index (κ1) is 15.4. The molecule has 0 unspecified atom stereocenters. The van der Waals surface area contributed by atoms with Crippen LogP contribution >= 0.6 is 11.6 Å². The Balaban J connectivity index is 2.05. The fourth-order valence-corrected chi connectivity index (χ4v) is 3.08. The van der Waals surface area contributed by atoms with Crippen molar-refractivity contribution in [3.05, 3.63) is 94.4 Å². The summed E-state index contributed by atoms with van der Waals surface area (Å²) >= 11 is 6.36. The molecule has 0 aliphatic rings. The van der Waals surface area contributed by atoms with Gasteiger partial charge in [-0.2, -0.15) is 0 Å². The van der Waals surface area contributed by atoms with Crippen LogP contribution in [0.1, 0.15) is 0 Å². The zero-order valence-electron chi connectivity index (χ0n) is 13.2. The highest BCUT2D eigenvalue weighted by Gasteiger charge is 2.14. The summed E-state index contributed by atoms with van der Waals surface area (Å²) in [6.45, 7) is 0. The molecule has 0 fully saturated rings. The SMILES string of the molecule is O=c1cc(Nc2ccccc2)n(-c2ccccc2)c2c(Cl)nccc12. The molecule has 0 aliphatic carbocycles. The summed E-state index contributed by atoms with van der Waals surface area (Å²) in [6, 6.07) is 22.7. The molecule has 0 aliphatic heterocycles. The zero-order chi connectivity index (χ0) is 17.2. The Morgan fingerprint density at radius 3 is 2.32 bits per heavy atom. The summed E-state index contributed by atoms with van der Waals surface area (Å²) in [5.74, 6) is 0.629. The maximum absolute atomic E-state index is 12.6. The molecule has 4 nitrogen and oxygen atoms in total. The van der Waals surface area contributed by atoms with E-state index in [-0.39, 0.29) is 10.6 Å². The zero-order valence-corrected chi connectivity index (χ0v) is 13.9. The van der Waals surface area contributed by atoms with Gasteiger partial charge < -0.3 is 5.32 Å². The lowest BCUT2D eigenvalue weighted by molar-refractivity contribution is 1.09. The lowest BCUT2D eigenvalue weighted by Crippen LogP contribution is -2.13. The van der Waals surface area contributed by atoms with Crippen LogP contribution in [0.2, 0.25) is 5.15 Å². The van der Waals surface area contributed by atoms with Gasteiger partial charge >= 0.3 is 0 Å². The van der Waals surface area contributed by atoms with E-state index in [1.165, 1.54) is 0 Å². The van der Waals surface area contributed by atoms with E-state index < -0.39 is 0 Å². The van der Waals surface area contributed by atoms with Crippen LogP contribution in [0.4, 0.5) is 11.5 Å². The Hall–Kier alpha value is -3.11. The Kier molecular flexibility index (Phi) is 3.96. The van der Waals surface area contributed by atoms with Gasteiger partial charge in [-0.3, -0.25) is 9.36 Å². The van der Waals surface area contributed by atoms with Crippen molar-refractivity contribution in [2.24, 2.45) is 0 Å². The summed E-state index contributed by atoms with van der Waals surface area (Å²) in [4.78, 5) is 16.7. The highest BCUT2D eigenvalue weighted by molar-refractivity contribution is 6.33. The summed E-state index contributed by atoms with van der Waals surface area (Å²) < 4.78 is 1.92. The third-order valence-corrected chi connectivity index (χ3v) is 4.21. The summed E-state index contributed by atoms with van der Waals surface area (Å²) in [6.07, 6.45) is 1.55. The number of hydrogen-bond donors (Lipinski definition) is 1. The maximum Gasteiger partial charge on any atom is 0.191 e. The van der Waals surface area contributed by atoms with Gasteiger partial charge in [0.1, 0.15) is 5.82 Å². The molecule has 25 heavy (non-hydrogen) atoms. The first-order valence-electron chi connectivity index (χ1n) is 7.82. The molecule has 0 saturated carbocycles. The minimum atomic E-state index is -0.107. The molecule has 2 aromatic carbocycles. The number of pyridine rings is 2. The summed E-state index contributed by atoms with van der Waals surface area (Å²) in [7, 11) is 0. The van der Waals surface area contributed by atoms with Gasteiger partial charge in [0.25, 0.3) is 0 Å². The van der Waals surface area contributed by atoms with Crippen molar-refractivity contribution in [1.82, 2.24) is 9.55 Å². The molecule has 2 aromatic heterocycles. The van der Waals surface area contributed by atoms with E-state index in [9.17, 15) is 4.79 Å². The average Bonchev–Trinajstić information content (AvgIpc) is 2.64. The van der Waals surface area contributed by atoms with Gasteiger partial charge in [-0.05, 0) is 30.3 Å². The van der Waals surface area contributed by atoms with Crippen molar-refractivity contribution in [1.29, 1.82) is 0 Å². The molecule has 4 aromatic rings. The first-order chi connectivity index (χ1) is 12.2. The van der Waals surface area contributed by atoms with Gasteiger partial charge in [0, 0.05) is 23.6 Å². The third kappa shape index (κ3) is 2.88. The second-order valence-corrected chi connectivity index (χ2v) is 5.91. The second kappa shape index (κ2) is 6.42. The van der Waals surface area contributed by atoms with Crippen LogP contribution in [0.25, 0.3) is 16.6 Å². The quantitative estimate of drug-likeness (QED) is 0.542. The molecule has 0 radical (unpaired) electrons. The molecule has 0 bridgehead atoms. The lowest BCUT2D eigenvalue weighted by Gasteiger charge is -2.18. The minimum absolute atomic E-state index is 0.107. The highest BCUT2D eigenvalue weighted by Crippen LogP contribution is 2.28. The van der Waals surface area contributed by atoms with Crippen LogP contribution < -0.4 is 10.7 Å². The number of nitrogens with zero attached hydrogens (tertiary/aromatic N) is 2. The standard InChI is InChI=1S/C20H14ClN3O/c21-20-19-16(11-12-22-20)17(25)13-18(23-14-7-3-1-4-8-14)24(19)15-9-5-2-6-10-15/h1-13,23H. The Morgan fingerprint density at radius 1 is 0.920 bits per heavy atom. The number of aromatic nitrogens is 2. The van der Waals surface area contributed by atoms with E-state index in [1.54, 1.807) is 18.3 Å². The van der Waals surface area contributed by atoms with Crippen LogP contribution in [0, 0.1) is 0 Å². The smallest absolute Gasteiger partial charge is 0.191 e. The average molecular weight is 348 g/mol. The van der Waals surface area contributed by atoms with Crippen molar-refractivity contribution < 1.29 is 0 Å². The van der Waals surface area contributed by atoms with Crippen molar-refractivity contribution in [3.63, 3.8) is 0 Å². The van der Waals surface area contributed by atoms with E-state index in [4.69, 9.17) is 11.6 Å². The minimum Gasteiger partial charge on any atom is -0.341 e. The van der Waals surface area contributed by atoms with E-state index in [0.717, 1.165) is 11.4 Å². The molecule has 0 saturated heterocycles. The number of anilines is 2. The van der Waals surface area contributed by atoms with Crippen molar-refractivity contribution in [2.45, 2.75) is 0 Å². The number of rotatable bonds is 3. The Labute approximate surface area is 149 Å². The molecule has 0 atom stereocenters. The molecular weight excluding hydrogens is 334 g/mol. The van der Waals surface area contributed by atoms with Crippen molar-refractivity contribution >= 4 is 34.0 Å². The lowest BCUT2D eigenvalue weighted by atomic mass is 10.2.